The number of benzene rings is 6. The molecule has 6 aromatic rings. The summed E-state index contributed by atoms with van der Waals surface area (Å²) in [7, 11) is 0. The molecule has 0 aromatic heterocycles. The van der Waals surface area contributed by atoms with Gasteiger partial charge in [-0.1, -0.05) is 95.5 Å². The molecule has 0 aliphatic heterocycles. The van der Waals surface area contributed by atoms with E-state index in [0.717, 1.165) is 16.7 Å². The lowest BCUT2D eigenvalue weighted by Crippen LogP contribution is -2.18. The van der Waals surface area contributed by atoms with Crippen LogP contribution in [0.25, 0.3) is 0 Å². The van der Waals surface area contributed by atoms with E-state index in [1.165, 1.54) is 24.3 Å². The van der Waals surface area contributed by atoms with Crippen LogP contribution in [0.5, 0.6) is 23.0 Å². The molecular formula is C52H50Cl3N3O17. The molecule has 0 spiro atoms. The van der Waals surface area contributed by atoms with Gasteiger partial charge in [0.25, 0.3) is 11.4 Å². The van der Waals surface area contributed by atoms with Gasteiger partial charge >= 0.3 is 23.6 Å². The maximum atomic E-state index is 11.7. The van der Waals surface area contributed by atoms with Crippen LogP contribution in [0.3, 0.4) is 0 Å². The Bertz CT molecular complexity index is 2910. The highest BCUT2D eigenvalue weighted by Crippen LogP contribution is 2.28. The van der Waals surface area contributed by atoms with Gasteiger partial charge in [-0.15, -0.1) is 0 Å². The third-order valence-corrected chi connectivity index (χ3v) is 10.6. The highest BCUT2D eigenvalue weighted by molar-refractivity contribution is 6.32. The topological polar surface area (TPSA) is 254 Å². The average Bonchev–Trinajstić information content (AvgIpc) is 3.37. The van der Waals surface area contributed by atoms with Crippen LogP contribution in [0.4, 0.5) is 17.1 Å². The summed E-state index contributed by atoms with van der Waals surface area (Å²) in [5.41, 5.74) is 3.78. The summed E-state index contributed by atoms with van der Waals surface area (Å²) in [6.45, 7) is 4.99. The second-order valence-electron chi connectivity index (χ2n) is 15.5. The predicted octanol–water partition coefficient (Wildman–Crippen LogP) is 11.0. The second kappa shape index (κ2) is 31.5. The van der Waals surface area contributed by atoms with E-state index >= 15 is 0 Å². The van der Waals surface area contributed by atoms with Crippen LogP contribution in [0, 0.1) is 51.1 Å². The van der Waals surface area contributed by atoms with E-state index in [4.69, 9.17) is 72.7 Å². The quantitative estimate of drug-likeness (QED) is 0.0179. The summed E-state index contributed by atoms with van der Waals surface area (Å²) in [5.74, 6) is -0.407. The number of rotatable bonds is 24. The molecule has 0 unspecified atom stereocenters. The smallest absolute Gasteiger partial charge is 0.344 e. The summed E-state index contributed by atoms with van der Waals surface area (Å²) in [6, 6.07) is 34.3. The zero-order valence-corrected chi connectivity index (χ0v) is 42.9. The molecule has 0 bridgehead atoms. The van der Waals surface area contributed by atoms with Crippen LogP contribution in [-0.4, -0.2) is 85.5 Å². The Morgan fingerprint density at radius 3 is 1.24 bits per heavy atom. The van der Waals surface area contributed by atoms with Gasteiger partial charge in [-0.05, 0) is 86.0 Å². The summed E-state index contributed by atoms with van der Waals surface area (Å²) < 4.78 is 41.4. The molecule has 0 aliphatic carbocycles. The summed E-state index contributed by atoms with van der Waals surface area (Å²) in [6.07, 6.45) is 0.258. The van der Waals surface area contributed by atoms with Crippen LogP contribution in [0.2, 0.25) is 15.1 Å². The molecule has 6 rings (SSSR count). The van der Waals surface area contributed by atoms with Gasteiger partial charge in [0.1, 0.15) is 37.1 Å². The third kappa shape index (κ3) is 21.5. The number of hydrogen-bond donors (Lipinski definition) is 0. The van der Waals surface area contributed by atoms with E-state index in [0.29, 0.717) is 43.4 Å². The molecule has 0 atom stereocenters. The number of para-hydroxylation sites is 4. The Hall–Kier alpha value is -8.04. The van der Waals surface area contributed by atoms with Crippen molar-refractivity contribution in [2.75, 3.05) is 52.9 Å². The largest absolute Gasteiger partial charge is 0.483 e. The fourth-order valence-electron chi connectivity index (χ4n) is 6.12. The molecule has 0 amide bonds. The number of aryl methyl sites for hydroxylation is 3. The molecule has 396 valence electrons. The van der Waals surface area contributed by atoms with Crippen LogP contribution in [0.1, 0.15) is 27.8 Å². The van der Waals surface area contributed by atoms with E-state index in [2.05, 4.69) is 0 Å². The van der Waals surface area contributed by atoms with Gasteiger partial charge in [-0.2, -0.15) is 0 Å². The minimum Gasteiger partial charge on any atom is -0.483 e. The fourth-order valence-corrected chi connectivity index (χ4v) is 6.99. The first-order valence-electron chi connectivity index (χ1n) is 22.4. The molecule has 0 aliphatic rings. The van der Waals surface area contributed by atoms with Crippen LogP contribution >= 0.6 is 34.8 Å². The lowest BCUT2D eigenvalue weighted by Gasteiger charge is -2.09. The van der Waals surface area contributed by atoms with Crippen LogP contribution < -0.4 is 18.9 Å². The van der Waals surface area contributed by atoms with Gasteiger partial charge < -0.3 is 37.9 Å². The SMILES string of the molecule is Cc1ccc(OCC(=O)OCCOCc2ccccc2[N+](=O)[O-])c(Cl)c1.Cc1ccc(OCC(=O)OCCOc2ccccc2[N+](=O)[O-])c(Cl)c1.Cc1ccc(OCC(=O)OCCc2ccccc2[N+](=O)[O-])c(Cl)c1. The average molecular weight is 1100 g/mol. The highest BCUT2D eigenvalue weighted by Gasteiger charge is 2.17. The number of ether oxygens (including phenoxy) is 8. The number of carbonyl (C=O) groups is 3. The van der Waals surface area contributed by atoms with E-state index in [9.17, 15) is 44.7 Å². The number of nitro benzene ring substituents is 3. The van der Waals surface area contributed by atoms with Crippen molar-refractivity contribution >= 4 is 69.8 Å². The number of nitrogens with zero attached hydrogens (tertiary/aromatic N) is 3. The minimum atomic E-state index is -0.595. The molecule has 75 heavy (non-hydrogen) atoms. The first-order valence-corrected chi connectivity index (χ1v) is 23.6. The van der Waals surface area contributed by atoms with Gasteiger partial charge in [0.2, 0.25) is 0 Å². The van der Waals surface area contributed by atoms with Crippen molar-refractivity contribution in [2.24, 2.45) is 0 Å². The van der Waals surface area contributed by atoms with E-state index < -0.39 is 32.7 Å². The maximum Gasteiger partial charge on any atom is 0.344 e. The minimum absolute atomic E-state index is 0.00660. The van der Waals surface area contributed by atoms with E-state index in [1.807, 2.05) is 39.0 Å². The van der Waals surface area contributed by atoms with Gasteiger partial charge in [0.05, 0.1) is 55.2 Å². The first-order chi connectivity index (χ1) is 35.9. The van der Waals surface area contributed by atoms with Gasteiger partial charge in [0.15, 0.2) is 25.6 Å². The van der Waals surface area contributed by atoms with Crippen molar-refractivity contribution in [1.82, 2.24) is 0 Å². The standard InChI is InChI=1S/C18H18ClNO6.C17H16ClNO6.C17H16ClNO5/c1-13-6-7-17(15(19)10-13)26-12-18(21)25-9-8-24-11-14-4-2-3-5-16(14)20(22)23;1-12-6-7-15(13(18)10-12)25-11-17(20)24-9-8-23-16-5-3-2-4-14(16)19(21)22;1-12-6-7-16(14(18)10-12)24-11-17(20)23-9-8-13-4-2-3-5-15(13)19(21)22/h2-7,10H,8-9,11-12H2,1H3;2-7,10H,8-9,11H2,1H3;2-7,10H,8-9,11H2,1H3. The van der Waals surface area contributed by atoms with Crippen molar-refractivity contribution < 1.29 is 67.0 Å². The zero-order chi connectivity index (χ0) is 54.7. The molecule has 0 N–H and O–H groups in total. The first kappa shape index (κ1) is 59.5. The van der Waals surface area contributed by atoms with Gasteiger partial charge in [-0.3, -0.25) is 30.3 Å². The molecule has 0 saturated carbocycles. The Labute approximate surface area is 445 Å². The second-order valence-corrected chi connectivity index (χ2v) is 16.7. The molecule has 0 saturated heterocycles. The van der Waals surface area contributed by atoms with Crippen LogP contribution in [-0.2, 0) is 46.4 Å². The van der Waals surface area contributed by atoms with Crippen molar-refractivity contribution in [3.63, 3.8) is 0 Å². The lowest BCUT2D eigenvalue weighted by atomic mass is 10.1. The number of hydrogen-bond acceptors (Lipinski definition) is 17. The van der Waals surface area contributed by atoms with E-state index in [1.54, 1.807) is 84.9 Å². The Balaban J connectivity index is 0.000000244. The van der Waals surface area contributed by atoms with E-state index in [-0.39, 0.29) is 88.7 Å². The number of halogens is 3. The summed E-state index contributed by atoms with van der Waals surface area (Å²) >= 11 is 18.0. The Morgan fingerprint density at radius 2 is 0.800 bits per heavy atom. The number of esters is 3. The Kier molecular flexibility index (Phi) is 25.0. The summed E-state index contributed by atoms with van der Waals surface area (Å²) in [4.78, 5) is 66.1. The van der Waals surface area contributed by atoms with Crippen molar-refractivity contribution in [3.8, 4) is 23.0 Å². The zero-order valence-electron chi connectivity index (χ0n) is 40.6. The monoisotopic (exact) mass is 1090 g/mol. The molecule has 6 aromatic carbocycles. The third-order valence-electron chi connectivity index (χ3n) is 9.72. The fraction of sp³-hybridized carbons (Fsp3) is 0.250. The number of carbonyl (C=O) groups excluding carboxylic acids is 3. The van der Waals surface area contributed by atoms with Gasteiger partial charge in [0, 0.05) is 30.2 Å². The van der Waals surface area contributed by atoms with Gasteiger partial charge in [-0.25, -0.2) is 14.4 Å². The molecule has 20 nitrogen and oxygen atoms in total. The van der Waals surface area contributed by atoms with Crippen molar-refractivity contribution in [2.45, 2.75) is 33.8 Å². The lowest BCUT2D eigenvalue weighted by molar-refractivity contribution is -0.386. The molecule has 23 heteroatoms. The van der Waals surface area contributed by atoms with Crippen molar-refractivity contribution in [3.05, 3.63) is 201 Å². The Morgan fingerprint density at radius 1 is 0.427 bits per heavy atom. The molecular weight excluding hydrogens is 1040 g/mol. The normalized spacial score (nSPS) is 10.3. The number of nitro groups is 3. The molecule has 0 heterocycles. The highest BCUT2D eigenvalue weighted by atomic mass is 35.5. The van der Waals surface area contributed by atoms with Crippen molar-refractivity contribution in [1.29, 1.82) is 0 Å². The molecule has 0 fully saturated rings. The molecule has 0 radical (unpaired) electrons. The predicted molar refractivity (Wildman–Crippen MR) is 276 cm³/mol. The summed E-state index contributed by atoms with van der Waals surface area (Å²) in [5, 5.41) is 33.9. The maximum absolute atomic E-state index is 11.7. The van der Waals surface area contributed by atoms with Crippen LogP contribution in [0.15, 0.2) is 127 Å².